The lowest BCUT2D eigenvalue weighted by molar-refractivity contribution is -0.152. The predicted octanol–water partition coefficient (Wildman–Crippen LogP) is 5.52. The molecule has 3 rings (SSSR count). The molecular weight excluding hydrogens is 892 g/mol. The molecule has 0 fully saturated rings. The van der Waals surface area contributed by atoms with E-state index in [1.54, 1.807) is 13.8 Å². The lowest BCUT2D eigenvalue weighted by Crippen LogP contribution is -2.49. The van der Waals surface area contributed by atoms with Crippen LogP contribution in [0.2, 0.25) is 0 Å². The van der Waals surface area contributed by atoms with Crippen LogP contribution >= 0.6 is 90.4 Å². The molecule has 2 aromatic rings. The minimum absolute atomic E-state index is 0.311. The third-order valence-electron chi connectivity index (χ3n) is 5.30. The number of anilines is 1. The van der Waals surface area contributed by atoms with Crippen molar-refractivity contribution in [2.45, 2.75) is 33.7 Å². The largest absolute Gasteiger partial charge is 0.454 e. The van der Waals surface area contributed by atoms with Crippen molar-refractivity contribution in [1.82, 2.24) is 4.90 Å². The van der Waals surface area contributed by atoms with Crippen LogP contribution in [-0.4, -0.2) is 41.2 Å². The van der Waals surface area contributed by atoms with Crippen LogP contribution in [0.15, 0.2) is 18.2 Å². The number of fused-ring (bicyclic) bond motifs is 1. The standard InChI is InChI=1S/C23H20I4N2O5/c1-9(2)20(23(33)34-8-13(30)28-12-7-10(3)5-6-11(12)4)29-21(31)14-15(22(29)32)17(25)19(27)18(26)16(14)24/h5-7,9,20H,8H2,1-4H3,(H,28,30). The summed E-state index contributed by atoms with van der Waals surface area (Å²) < 4.78 is 8.42. The van der Waals surface area contributed by atoms with Gasteiger partial charge in [-0.15, -0.1) is 0 Å². The van der Waals surface area contributed by atoms with E-state index < -0.39 is 42.3 Å². The molecule has 7 nitrogen and oxygen atoms in total. The van der Waals surface area contributed by atoms with Crippen molar-refractivity contribution in [3.63, 3.8) is 0 Å². The van der Waals surface area contributed by atoms with Crippen LogP contribution in [0.25, 0.3) is 0 Å². The van der Waals surface area contributed by atoms with Crippen molar-refractivity contribution >= 4 is 120 Å². The normalized spacial score (nSPS) is 13.9. The Hall–Kier alpha value is -0.560. The second-order valence-electron chi connectivity index (χ2n) is 8.15. The Morgan fingerprint density at radius 3 is 1.97 bits per heavy atom. The highest BCUT2D eigenvalue weighted by Gasteiger charge is 2.47. The van der Waals surface area contributed by atoms with Crippen LogP contribution in [0.5, 0.6) is 0 Å². The summed E-state index contributed by atoms with van der Waals surface area (Å²) in [5.41, 5.74) is 3.12. The Balaban J connectivity index is 1.81. The average molecular weight is 912 g/mol. The molecule has 11 heteroatoms. The molecule has 2 aromatic carbocycles. The summed E-state index contributed by atoms with van der Waals surface area (Å²) in [4.78, 5) is 53.1. The number of carbonyl (C=O) groups excluding carboxylic acids is 4. The highest BCUT2D eigenvalue weighted by Crippen LogP contribution is 2.39. The summed E-state index contributed by atoms with van der Waals surface area (Å²) in [7, 11) is 0. The van der Waals surface area contributed by atoms with E-state index in [2.05, 4.69) is 95.7 Å². The first-order valence-electron chi connectivity index (χ1n) is 10.1. The Kier molecular flexibility index (Phi) is 9.25. The molecule has 1 atom stereocenters. The molecule has 1 aliphatic heterocycles. The molecule has 1 unspecified atom stereocenters. The van der Waals surface area contributed by atoms with E-state index in [0.717, 1.165) is 23.2 Å². The van der Waals surface area contributed by atoms with Crippen LogP contribution in [0.3, 0.4) is 0 Å². The van der Waals surface area contributed by atoms with E-state index in [9.17, 15) is 19.2 Å². The molecular formula is C23H20I4N2O5. The summed E-state index contributed by atoms with van der Waals surface area (Å²) >= 11 is 8.43. The number of benzene rings is 2. The van der Waals surface area contributed by atoms with E-state index in [1.807, 2.05) is 32.0 Å². The summed E-state index contributed by atoms with van der Waals surface area (Å²) in [6.45, 7) is 6.71. The molecule has 0 saturated carbocycles. The summed E-state index contributed by atoms with van der Waals surface area (Å²) in [6.07, 6.45) is 0. The number of esters is 1. The van der Waals surface area contributed by atoms with Gasteiger partial charge < -0.3 is 10.1 Å². The first-order valence-corrected chi connectivity index (χ1v) is 14.5. The minimum atomic E-state index is -1.15. The Bertz CT molecular complexity index is 1180. The molecule has 0 aromatic heterocycles. The van der Waals surface area contributed by atoms with Gasteiger partial charge in [0.05, 0.1) is 11.1 Å². The van der Waals surface area contributed by atoms with Gasteiger partial charge in [0.2, 0.25) is 0 Å². The van der Waals surface area contributed by atoms with Gasteiger partial charge in [-0.25, -0.2) is 4.79 Å². The smallest absolute Gasteiger partial charge is 0.330 e. The second kappa shape index (κ2) is 11.2. The molecule has 3 amide bonds. The maximum absolute atomic E-state index is 13.3. The van der Waals surface area contributed by atoms with E-state index in [0.29, 0.717) is 24.0 Å². The van der Waals surface area contributed by atoms with Gasteiger partial charge in [0, 0.05) is 20.0 Å². The van der Waals surface area contributed by atoms with Crippen LogP contribution in [0.1, 0.15) is 45.7 Å². The third-order valence-corrected chi connectivity index (χ3v) is 12.7. The fourth-order valence-corrected chi connectivity index (χ4v) is 7.22. The molecule has 180 valence electrons. The van der Waals surface area contributed by atoms with Gasteiger partial charge in [-0.3, -0.25) is 19.3 Å². The number of aryl methyl sites for hydroxylation is 2. The van der Waals surface area contributed by atoms with Gasteiger partial charge >= 0.3 is 5.97 Å². The summed E-state index contributed by atoms with van der Waals surface area (Å²) in [5.74, 6) is -2.75. The highest BCUT2D eigenvalue weighted by molar-refractivity contribution is 14.1. The minimum Gasteiger partial charge on any atom is -0.454 e. The number of rotatable bonds is 6. The number of imide groups is 1. The topological polar surface area (TPSA) is 92.8 Å². The predicted molar refractivity (Wildman–Crippen MR) is 162 cm³/mol. The van der Waals surface area contributed by atoms with E-state index in [1.165, 1.54) is 0 Å². The van der Waals surface area contributed by atoms with Gasteiger partial charge in [0.1, 0.15) is 6.04 Å². The molecule has 0 saturated heterocycles. The van der Waals surface area contributed by atoms with Crippen LogP contribution < -0.4 is 5.32 Å². The maximum Gasteiger partial charge on any atom is 0.330 e. The first kappa shape index (κ1) is 28.0. The van der Waals surface area contributed by atoms with Gasteiger partial charge in [0.25, 0.3) is 17.7 Å². The summed E-state index contributed by atoms with van der Waals surface area (Å²) in [5, 5.41) is 2.74. The Morgan fingerprint density at radius 2 is 1.47 bits per heavy atom. The molecule has 0 bridgehead atoms. The van der Waals surface area contributed by atoms with E-state index >= 15 is 0 Å². The quantitative estimate of drug-likeness (QED) is 0.136. The number of ether oxygens (including phenoxy) is 1. The first-order chi connectivity index (χ1) is 15.9. The Labute approximate surface area is 252 Å². The SMILES string of the molecule is Cc1ccc(C)c(NC(=O)COC(=O)C(C(C)C)N2C(=O)c3c(I)c(I)c(I)c(I)c3C2=O)c1. The number of hydrogen-bond donors (Lipinski definition) is 1. The van der Waals surface area contributed by atoms with Crippen LogP contribution in [-0.2, 0) is 14.3 Å². The molecule has 1 N–H and O–H groups in total. The third kappa shape index (κ3) is 5.40. The number of amides is 3. The summed E-state index contributed by atoms with van der Waals surface area (Å²) in [6, 6.07) is 4.50. The molecule has 0 radical (unpaired) electrons. The fraction of sp³-hybridized carbons (Fsp3) is 0.304. The fourth-order valence-electron chi connectivity index (χ4n) is 3.57. The van der Waals surface area contributed by atoms with E-state index in [4.69, 9.17) is 4.74 Å². The number of nitrogens with one attached hydrogen (secondary N) is 1. The number of halogens is 4. The van der Waals surface area contributed by atoms with Crippen molar-refractivity contribution < 1.29 is 23.9 Å². The van der Waals surface area contributed by atoms with Gasteiger partial charge in [0.15, 0.2) is 6.61 Å². The molecule has 1 aliphatic rings. The zero-order chi connectivity index (χ0) is 25.5. The van der Waals surface area contributed by atoms with Crippen molar-refractivity contribution in [1.29, 1.82) is 0 Å². The van der Waals surface area contributed by atoms with Gasteiger partial charge in [-0.2, -0.15) is 0 Å². The second-order valence-corrected chi connectivity index (χ2v) is 12.5. The average Bonchev–Trinajstić information content (AvgIpc) is 3.02. The van der Waals surface area contributed by atoms with Crippen LogP contribution in [0, 0.1) is 34.0 Å². The number of hydrogen-bond acceptors (Lipinski definition) is 5. The van der Waals surface area contributed by atoms with E-state index in [-0.39, 0.29) is 0 Å². The lowest BCUT2D eigenvalue weighted by Gasteiger charge is -2.27. The molecule has 34 heavy (non-hydrogen) atoms. The molecule has 1 heterocycles. The highest BCUT2D eigenvalue weighted by atomic mass is 127. The molecule has 0 aliphatic carbocycles. The lowest BCUT2D eigenvalue weighted by atomic mass is 10.0. The van der Waals surface area contributed by atoms with Crippen LogP contribution in [0.4, 0.5) is 5.69 Å². The zero-order valence-electron chi connectivity index (χ0n) is 18.6. The maximum atomic E-state index is 13.3. The monoisotopic (exact) mass is 912 g/mol. The molecule has 0 spiro atoms. The Morgan fingerprint density at radius 1 is 0.941 bits per heavy atom. The van der Waals surface area contributed by atoms with Gasteiger partial charge in [-0.05, 0) is 127 Å². The zero-order valence-corrected chi connectivity index (χ0v) is 27.2. The van der Waals surface area contributed by atoms with Crippen molar-refractivity contribution in [2.75, 3.05) is 11.9 Å². The van der Waals surface area contributed by atoms with Gasteiger partial charge in [-0.1, -0.05) is 26.0 Å². The number of carbonyl (C=O) groups is 4. The van der Waals surface area contributed by atoms with Crippen molar-refractivity contribution in [3.05, 3.63) is 54.7 Å². The van der Waals surface area contributed by atoms with Crippen molar-refractivity contribution in [2.24, 2.45) is 5.92 Å². The van der Waals surface area contributed by atoms with Crippen molar-refractivity contribution in [3.8, 4) is 0 Å². The number of nitrogens with zero attached hydrogens (tertiary/aromatic N) is 1.